The number of nitrogens with one attached hydrogen (secondary N) is 2. The molecule has 0 aliphatic carbocycles. The van der Waals surface area contributed by atoms with Gasteiger partial charge in [-0.2, -0.15) is 0 Å². The number of thioether (sulfide) groups is 1. The smallest absolute Gasteiger partial charge is 0.407 e. The zero-order valence-corrected chi connectivity index (χ0v) is 17.4. The van der Waals surface area contributed by atoms with Crippen LogP contribution in [0.2, 0.25) is 5.02 Å². The minimum absolute atomic E-state index is 0.0719. The van der Waals surface area contributed by atoms with E-state index in [0.717, 1.165) is 29.4 Å². The Morgan fingerprint density at radius 3 is 2.79 bits per heavy atom. The van der Waals surface area contributed by atoms with E-state index >= 15 is 0 Å². The number of ether oxygens (including phenoxy) is 1. The molecule has 2 N–H and O–H groups in total. The van der Waals surface area contributed by atoms with Crippen LogP contribution in [0.25, 0.3) is 6.08 Å². The number of benzene rings is 1. The van der Waals surface area contributed by atoms with E-state index in [1.165, 1.54) is 0 Å². The van der Waals surface area contributed by atoms with Crippen molar-refractivity contribution in [2.75, 3.05) is 18.0 Å². The first kappa shape index (κ1) is 20.5. The van der Waals surface area contributed by atoms with Crippen LogP contribution in [0.5, 0.6) is 0 Å². The zero-order chi connectivity index (χ0) is 20.5. The van der Waals surface area contributed by atoms with Gasteiger partial charge >= 0.3 is 6.09 Å². The average Bonchev–Trinajstić information content (AvgIpc) is 3.12. The van der Waals surface area contributed by atoms with E-state index in [0.29, 0.717) is 23.0 Å². The minimum Gasteiger partial charge on any atom is -0.444 e. The molecule has 2 fully saturated rings. The molecule has 2 aliphatic heterocycles. The molecule has 2 aliphatic rings. The van der Waals surface area contributed by atoms with E-state index in [1.807, 2.05) is 26.8 Å². The normalized spacial score (nSPS) is 21.2. The van der Waals surface area contributed by atoms with Gasteiger partial charge in [-0.15, -0.1) is 0 Å². The van der Waals surface area contributed by atoms with Crippen molar-refractivity contribution in [3.63, 3.8) is 0 Å². The van der Waals surface area contributed by atoms with Gasteiger partial charge in [-0.05, 0) is 51.1 Å². The van der Waals surface area contributed by atoms with Gasteiger partial charge in [0, 0.05) is 18.7 Å². The number of anilines is 1. The number of rotatable bonds is 3. The molecule has 0 saturated carbocycles. The van der Waals surface area contributed by atoms with Crippen LogP contribution in [0.1, 0.15) is 32.8 Å². The van der Waals surface area contributed by atoms with Crippen LogP contribution in [-0.2, 0) is 9.53 Å². The predicted octanol–water partition coefficient (Wildman–Crippen LogP) is 3.77. The fourth-order valence-corrected chi connectivity index (χ4v) is 4.07. The van der Waals surface area contributed by atoms with E-state index in [4.69, 9.17) is 16.3 Å². The maximum Gasteiger partial charge on any atom is 0.407 e. The van der Waals surface area contributed by atoms with Crippen molar-refractivity contribution in [3.8, 4) is 0 Å². The molecule has 28 heavy (non-hydrogen) atoms. The van der Waals surface area contributed by atoms with Crippen LogP contribution in [0.3, 0.4) is 0 Å². The van der Waals surface area contributed by atoms with E-state index < -0.39 is 17.6 Å². The molecule has 1 aromatic rings. The molecule has 1 aromatic carbocycles. The summed E-state index contributed by atoms with van der Waals surface area (Å²) >= 11 is 7.31. The summed E-state index contributed by atoms with van der Waals surface area (Å²) in [6.45, 7) is 6.72. The highest BCUT2D eigenvalue weighted by atomic mass is 35.5. The number of nitrogens with zero attached hydrogens (tertiary/aromatic N) is 1. The summed E-state index contributed by atoms with van der Waals surface area (Å²) in [5.41, 5.74) is 0.970. The number of amides is 3. The highest BCUT2D eigenvalue weighted by Crippen LogP contribution is 2.36. The Morgan fingerprint density at radius 1 is 1.39 bits per heavy atom. The molecule has 0 aromatic heterocycles. The van der Waals surface area contributed by atoms with E-state index in [2.05, 4.69) is 15.5 Å². The minimum atomic E-state index is -0.554. The number of imide groups is 1. The van der Waals surface area contributed by atoms with E-state index in [9.17, 15) is 14.4 Å². The van der Waals surface area contributed by atoms with E-state index in [-0.39, 0.29) is 11.3 Å². The van der Waals surface area contributed by atoms with Gasteiger partial charge in [-0.3, -0.25) is 14.9 Å². The molecular weight excluding hydrogens is 402 g/mol. The van der Waals surface area contributed by atoms with Crippen molar-refractivity contribution < 1.29 is 19.1 Å². The Morgan fingerprint density at radius 2 is 2.14 bits per heavy atom. The number of alkyl carbamates (subject to hydrolysis) is 1. The third kappa shape index (κ3) is 4.99. The molecule has 2 heterocycles. The molecule has 3 rings (SSSR count). The van der Waals surface area contributed by atoms with Gasteiger partial charge in [0.25, 0.3) is 11.1 Å². The van der Waals surface area contributed by atoms with Crippen molar-refractivity contribution >= 4 is 52.4 Å². The Balaban J connectivity index is 1.76. The van der Waals surface area contributed by atoms with Gasteiger partial charge in [-0.25, -0.2) is 4.79 Å². The highest BCUT2D eigenvalue weighted by molar-refractivity contribution is 8.18. The molecule has 7 nitrogen and oxygen atoms in total. The maximum absolute atomic E-state index is 12.0. The third-order valence-electron chi connectivity index (χ3n) is 4.17. The second-order valence-corrected chi connectivity index (χ2v) is 9.03. The lowest BCUT2D eigenvalue weighted by Crippen LogP contribution is -2.40. The molecular formula is C19H22ClN3O4S. The Labute approximate surface area is 172 Å². The summed E-state index contributed by atoms with van der Waals surface area (Å²) in [5.74, 6) is -0.410. The van der Waals surface area contributed by atoms with Gasteiger partial charge in [0.15, 0.2) is 0 Å². The maximum atomic E-state index is 12.0. The fourth-order valence-electron chi connectivity index (χ4n) is 3.10. The Kier molecular flexibility index (Phi) is 5.90. The second kappa shape index (κ2) is 8.05. The number of para-hydroxylation sites is 1. The largest absolute Gasteiger partial charge is 0.444 e. The fraction of sp³-hybridized carbons (Fsp3) is 0.421. The summed E-state index contributed by atoms with van der Waals surface area (Å²) in [7, 11) is 0. The van der Waals surface area contributed by atoms with Crippen molar-refractivity contribution in [2.24, 2.45) is 0 Å². The van der Waals surface area contributed by atoms with E-state index in [1.54, 1.807) is 18.2 Å². The van der Waals surface area contributed by atoms with Gasteiger partial charge < -0.3 is 15.0 Å². The first-order valence-electron chi connectivity index (χ1n) is 8.90. The summed E-state index contributed by atoms with van der Waals surface area (Å²) in [6.07, 6.45) is 1.97. The summed E-state index contributed by atoms with van der Waals surface area (Å²) in [6, 6.07) is 5.35. The predicted molar refractivity (Wildman–Crippen MR) is 111 cm³/mol. The first-order chi connectivity index (χ1) is 13.1. The molecule has 9 heteroatoms. The van der Waals surface area contributed by atoms with Gasteiger partial charge in [0.05, 0.1) is 21.7 Å². The van der Waals surface area contributed by atoms with Crippen molar-refractivity contribution in [2.45, 2.75) is 38.8 Å². The van der Waals surface area contributed by atoms with Gasteiger partial charge in [0.1, 0.15) is 5.60 Å². The lowest BCUT2D eigenvalue weighted by atomic mass is 10.1. The molecule has 3 amide bonds. The number of halogens is 1. The molecule has 1 atom stereocenters. The van der Waals surface area contributed by atoms with Crippen LogP contribution in [0, 0.1) is 0 Å². The molecule has 0 unspecified atom stereocenters. The quantitative estimate of drug-likeness (QED) is 0.719. The van der Waals surface area contributed by atoms with Crippen LogP contribution in [0.15, 0.2) is 23.1 Å². The topological polar surface area (TPSA) is 87.7 Å². The van der Waals surface area contributed by atoms with Gasteiger partial charge in [0.2, 0.25) is 0 Å². The first-order valence-corrected chi connectivity index (χ1v) is 10.1. The standard InChI is InChI=1S/C19H22ClN3O4S/c1-19(2,3)27-17(25)21-12-7-8-23(10-12)15-11(5-4-6-13(15)20)9-14-16(24)22-18(26)28-14/h4-6,9,12H,7-8,10H2,1-3H3,(H,21,25)(H,22,24,26)/b14-9-/t12-/m1/s1. The number of carbonyl (C=O) groups is 3. The number of carbonyl (C=O) groups excluding carboxylic acids is 3. The number of hydrogen-bond acceptors (Lipinski definition) is 6. The second-order valence-electron chi connectivity index (χ2n) is 7.61. The zero-order valence-electron chi connectivity index (χ0n) is 15.9. The molecule has 0 bridgehead atoms. The SMILES string of the molecule is CC(C)(C)OC(=O)N[C@@H]1CCN(c2c(Cl)cccc2/C=C2\SC(=O)NC2=O)C1. The van der Waals surface area contributed by atoms with Crippen LogP contribution in [-0.4, -0.2) is 42.0 Å². The Hall–Kier alpha value is -2.19. The highest BCUT2D eigenvalue weighted by Gasteiger charge is 2.30. The van der Waals surface area contributed by atoms with Crippen LogP contribution in [0.4, 0.5) is 15.3 Å². The Bertz CT molecular complexity index is 850. The summed E-state index contributed by atoms with van der Waals surface area (Å²) < 4.78 is 5.32. The summed E-state index contributed by atoms with van der Waals surface area (Å²) in [4.78, 5) is 37.7. The van der Waals surface area contributed by atoms with Gasteiger partial charge in [-0.1, -0.05) is 23.7 Å². The lowest BCUT2D eigenvalue weighted by molar-refractivity contribution is -0.115. The molecule has 150 valence electrons. The van der Waals surface area contributed by atoms with Crippen molar-refractivity contribution in [1.29, 1.82) is 0 Å². The average molecular weight is 424 g/mol. The van der Waals surface area contributed by atoms with Crippen LogP contribution >= 0.6 is 23.4 Å². The summed E-state index contributed by atoms with van der Waals surface area (Å²) in [5, 5.41) is 5.29. The van der Waals surface area contributed by atoms with Crippen LogP contribution < -0.4 is 15.5 Å². The monoisotopic (exact) mass is 423 g/mol. The molecule has 2 saturated heterocycles. The molecule has 0 spiro atoms. The van der Waals surface area contributed by atoms with Crippen molar-refractivity contribution in [3.05, 3.63) is 33.7 Å². The van der Waals surface area contributed by atoms with Crippen molar-refractivity contribution in [1.82, 2.24) is 10.6 Å². The third-order valence-corrected chi connectivity index (χ3v) is 5.29. The molecule has 0 radical (unpaired) electrons. The lowest BCUT2D eigenvalue weighted by Gasteiger charge is -2.24. The number of hydrogen-bond donors (Lipinski definition) is 2.